The number of fused-ring (bicyclic) bond motifs is 4. The van der Waals surface area contributed by atoms with Crippen molar-refractivity contribution in [1.29, 1.82) is 0 Å². The van der Waals surface area contributed by atoms with Crippen LogP contribution in [0.25, 0.3) is 42.2 Å². The van der Waals surface area contributed by atoms with Crippen LogP contribution in [-0.4, -0.2) is 61.7 Å². The van der Waals surface area contributed by atoms with Crippen molar-refractivity contribution in [3.05, 3.63) is 70.9 Å². The Hall–Kier alpha value is -3.72. The number of thiophene rings is 1. The van der Waals surface area contributed by atoms with Crippen LogP contribution in [-0.2, 0) is 9.53 Å². The maximum Gasteiger partial charge on any atom is 0.225 e. The molecule has 216 valence electrons. The van der Waals surface area contributed by atoms with Gasteiger partial charge in [-0.2, -0.15) is 0 Å². The average molecular weight is 581 g/mol. The fourth-order valence-corrected chi connectivity index (χ4v) is 7.69. The number of morpholine rings is 1. The van der Waals surface area contributed by atoms with Crippen LogP contribution in [0.5, 0.6) is 0 Å². The summed E-state index contributed by atoms with van der Waals surface area (Å²) in [5, 5.41) is 6.12. The maximum atomic E-state index is 13.3. The van der Waals surface area contributed by atoms with Crippen molar-refractivity contribution < 1.29 is 9.53 Å². The molecule has 42 heavy (non-hydrogen) atoms. The van der Waals surface area contributed by atoms with Crippen molar-refractivity contribution in [1.82, 2.24) is 9.88 Å². The van der Waals surface area contributed by atoms with Crippen molar-refractivity contribution in [3.8, 4) is 11.1 Å². The summed E-state index contributed by atoms with van der Waals surface area (Å²) in [6.07, 6.45) is 5.50. The molecule has 0 aliphatic carbocycles. The van der Waals surface area contributed by atoms with Crippen molar-refractivity contribution in [2.45, 2.75) is 32.1 Å². The standard InChI is InChI=1S/C34H36N4O3S/c39-28-22-30(38-18-20-41-21-19-38)36-33-23(9-7-10-25(28)33)24-12-13-27(32-26-8-3-4-11-29(26)42-34(24)32)35-31(40)14-17-37-15-5-1-2-6-16-37/h3-4,7-13,22H,1-2,5-6,14-21H2,(H,35,40)(H,36,39). The molecular weight excluding hydrogens is 544 g/mol. The second-order valence-corrected chi connectivity index (χ2v) is 12.4. The molecule has 0 bridgehead atoms. The molecule has 0 radical (unpaired) electrons. The van der Waals surface area contributed by atoms with Gasteiger partial charge in [0, 0.05) is 68.8 Å². The van der Waals surface area contributed by atoms with Crippen molar-refractivity contribution in [2.24, 2.45) is 0 Å². The lowest BCUT2D eigenvalue weighted by atomic mass is 9.98. The molecular formula is C34H36N4O3S. The van der Waals surface area contributed by atoms with Crippen LogP contribution in [0.3, 0.4) is 0 Å². The quantitative estimate of drug-likeness (QED) is 0.237. The highest BCUT2D eigenvalue weighted by Gasteiger charge is 2.20. The summed E-state index contributed by atoms with van der Waals surface area (Å²) in [6.45, 7) is 5.76. The molecule has 4 heterocycles. The molecule has 3 aromatic carbocycles. The first-order valence-electron chi connectivity index (χ1n) is 15.1. The molecule has 8 heteroatoms. The monoisotopic (exact) mass is 580 g/mol. The van der Waals surface area contributed by atoms with E-state index >= 15 is 0 Å². The molecule has 7 nitrogen and oxygen atoms in total. The van der Waals surface area contributed by atoms with E-state index in [4.69, 9.17) is 4.74 Å². The molecule has 2 fully saturated rings. The van der Waals surface area contributed by atoms with E-state index in [1.54, 1.807) is 17.4 Å². The summed E-state index contributed by atoms with van der Waals surface area (Å²) in [5.41, 5.74) is 3.71. The fraction of sp³-hybridized carbons (Fsp3) is 0.353. The highest BCUT2D eigenvalue weighted by atomic mass is 32.1. The predicted octanol–water partition coefficient (Wildman–Crippen LogP) is 6.60. The zero-order valence-electron chi connectivity index (χ0n) is 23.8. The number of carbonyl (C=O) groups excluding carboxylic acids is 1. The van der Waals surface area contributed by atoms with Crippen molar-refractivity contribution >= 4 is 59.8 Å². The molecule has 2 N–H and O–H groups in total. The summed E-state index contributed by atoms with van der Waals surface area (Å²) < 4.78 is 7.81. The lowest BCUT2D eigenvalue weighted by molar-refractivity contribution is -0.116. The van der Waals surface area contributed by atoms with Gasteiger partial charge >= 0.3 is 0 Å². The number of hydrogen-bond donors (Lipinski definition) is 2. The minimum Gasteiger partial charge on any atom is -0.378 e. The fourth-order valence-electron chi connectivity index (χ4n) is 6.43. The van der Waals surface area contributed by atoms with Crippen molar-refractivity contribution in [3.63, 3.8) is 0 Å². The van der Waals surface area contributed by atoms with Gasteiger partial charge in [-0.15, -0.1) is 11.3 Å². The van der Waals surface area contributed by atoms with E-state index < -0.39 is 0 Å². The third-order valence-corrected chi connectivity index (χ3v) is 9.85. The van der Waals surface area contributed by atoms with Gasteiger partial charge < -0.3 is 24.8 Å². The van der Waals surface area contributed by atoms with Crippen LogP contribution < -0.4 is 15.6 Å². The topological polar surface area (TPSA) is 77.7 Å². The SMILES string of the molecule is O=C(CCN1CCCCCC1)Nc1ccc(-c2cccc3c(=O)cc(N4CCOCC4)[nH]c23)c2sc3ccccc3c12. The largest absolute Gasteiger partial charge is 0.378 e. The second kappa shape index (κ2) is 11.9. The van der Waals surface area contributed by atoms with Crippen molar-refractivity contribution in [2.75, 3.05) is 56.2 Å². The zero-order valence-corrected chi connectivity index (χ0v) is 24.6. The van der Waals surface area contributed by atoms with Crippen LogP contribution in [0.15, 0.2) is 65.5 Å². The van der Waals surface area contributed by atoms with Gasteiger partial charge in [-0.05, 0) is 44.1 Å². The molecule has 2 saturated heterocycles. The van der Waals surface area contributed by atoms with Crippen LogP contribution in [0.2, 0.25) is 0 Å². The van der Waals surface area contributed by atoms with Crippen LogP contribution in [0.4, 0.5) is 11.5 Å². The van der Waals surface area contributed by atoms with Gasteiger partial charge in [0.2, 0.25) is 5.91 Å². The minimum absolute atomic E-state index is 0.00738. The number of benzene rings is 3. The average Bonchev–Trinajstić information content (AvgIpc) is 3.22. The minimum atomic E-state index is 0.00738. The summed E-state index contributed by atoms with van der Waals surface area (Å²) in [6, 6.07) is 20.1. The first kappa shape index (κ1) is 27.1. The Kier molecular flexibility index (Phi) is 7.67. The van der Waals surface area contributed by atoms with Gasteiger partial charge in [0.15, 0.2) is 5.43 Å². The second-order valence-electron chi connectivity index (χ2n) is 11.4. The Morgan fingerprint density at radius 1 is 0.881 bits per heavy atom. The number of H-pyrrole nitrogens is 1. The Morgan fingerprint density at radius 2 is 1.67 bits per heavy atom. The zero-order chi connectivity index (χ0) is 28.5. The lowest BCUT2D eigenvalue weighted by Crippen LogP contribution is -2.37. The van der Waals surface area contributed by atoms with Gasteiger partial charge in [0.1, 0.15) is 5.82 Å². The molecule has 0 unspecified atom stereocenters. The van der Waals surface area contributed by atoms with E-state index in [0.717, 1.165) is 76.3 Å². The number of ether oxygens (including phenoxy) is 1. The summed E-state index contributed by atoms with van der Waals surface area (Å²) in [4.78, 5) is 34.7. The van der Waals surface area contributed by atoms with Crippen LogP contribution in [0.1, 0.15) is 32.1 Å². The highest BCUT2D eigenvalue weighted by Crippen LogP contribution is 2.44. The van der Waals surface area contributed by atoms with Gasteiger partial charge in [-0.25, -0.2) is 0 Å². The lowest BCUT2D eigenvalue weighted by Gasteiger charge is -2.28. The van der Waals surface area contributed by atoms with E-state index in [2.05, 4.69) is 56.5 Å². The number of para-hydroxylation sites is 1. The number of aromatic amines is 1. The number of amides is 1. The smallest absolute Gasteiger partial charge is 0.225 e. The van der Waals surface area contributed by atoms with E-state index in [1.165, 1.54) is 30.4 Å². The van der Waals surface area contributed by atoms with Gasteiger partial charge in [0.25, 0.3) is 0 Å². The number of aromatic nitrogens is 1. The van der Waals surface area contributed by atoms with E-state index in [-0.39, 0.29) is 11.3 Å². The Bertz CT molecular complexity index is 1810. The van der Waals surface area contributed by atoms with E-state index in [1.807, 2.05) is 18.2 Å². The third kappa shape index (κ3) is 5.30. The number of anilines is 2. The van der Waals surface area contributed by atoms with Gasteiger partial charge in [-0.1, -0.05) is 49.2 Å². The molecule has 0 spiro atoms. The summed E-state index contributed by atoms with van der Waals surface area (Å²) in [5.74, 6) is 0.873. The van der Waals surface area contributed by atoms with E-state index in [9.17, 15) is 9.59 Å². The number of nitrogens with one attached hydrogen (secondary N) is 2. The molecule has 1 amide bonds. The Morgan fingerprint density at radius 3 is 2.50 bits per heavy atom. The molecule has 0 atom stereocenters. The summed E-state index contributed by atoms with van der Waals surface area (Å²) >= 11 is 1.73. The number of carbonyl (C=O) groups is 1. The third-order valence-electron chi connectivity index (χ3n) is 8.65. The normalized spacial score (nSPS) is 16.7. The molecule has 5 aromatic rings. The number of likely N-dealkylation sites (tertiary alicyclic amines) is 1. The molecule has 2 aliphatic heterocycles. The maximum absolute atomic E-state index is 13.3. The number of nitrogens with zero attached hydrogens (tertiary/aromatic N) is 2. The van der Waals surface area contributed by atoms with Crippen LogP contribution in [0, 0.1) is 0 Å². The molecule has 7 rings (SSSR count). The molecule has 2 aromatic heterocycles. The predicted molar refractivity (Wildman–Crippen MR) is 174 cm³/mol. The summed E-state index contributed by atoms with van der Waals surface area (Å²) in [7, 11) is 0. The Labute approximate surface area is 249 Å². The van der Waals surface area contributed by atoms with Gasteiger partial charge in [0.05, 0.1) is 24.4 Å². The Balaban J connectivity index is 1.29. The number of pyridine rings is 1. The first-order valence-corrected chi connectivity index (χ1v) is 15.9. The highest BCUT2D eigenvalue weighted by molar-refractivity contribution is 7.26. The molecule has 2 aliphatic rings. The van der Waals surface area contributed by atoms with E-state index in [0.29, 0.717) is 25.0 Å². The molecule has 0 saturated carbocycles. The first-order chi connectivity index (χ1) is 20.7. The van der Waals surface area contributed by atoms with Gasteiger partial charge in [-0.3, -0.25) is 9.59 Å². The number of hydrogen-bond acceptors (Lipinski definition) is 6. The van der Waals surface area contributed by atoms with Crippen LogP contribution >= 0.6 is 11.3 Å². The number of rotatable bonds is 6.